The lowest BCUT2D eigenvalue weighted by molar-refractivity contribution is -0.122. The van der Waals surface area contributed by atoms with E-state index in [1.165, 1.54) is 0 Å². The Morgan fingerprint density at radius 3 is 2.32 bits per heavy atom. The van der Waals surface area contributed by atoms with Crippen LogP contribution in [0.3, 0.4) is 0 Å². The molecule has 0 aromatic heterocycles. The zero-order valence-corrected chi connectivity index (χ0v) is 14.8. The van der Waals surface area contributed by atoms with Crippen LogP contribution in [0.5, 0.6) is 0 Å². The summed E-state index contributed by atoms with van der Waals surface area (Å²) in [4.78, 5) is 24.9. The van der Waals surface area contributed by atoms with E-state index in [2.05, 4.69) is 16.0 Å². The van der Waals surface area contributed by atoms with Gasteiger partial charge in [-0.2, -0.15) is 0 Å². The summed E-state index contributed by atoms with van der Waals surface area (Å²) < 4.78 is 0. The molecule has 0 radical (unpaired) electrons. The molecule has 0 saturated heterocycles. The second-order valence-electron chi connectivity index (χ2n) is 5.62. The highest BCUT2D eigenvalue weighted by Gasteiger charge is 2.21. The SMILES string of the molecule is CNCCNC(=O)C(Cc1ccccc1)NC(=O)c1ccc(Cl)cc1. The third-order valence-corrected chi connectivity index (χ3v) is 3.94. The molecular weight excluding hydrogens is 338 g/mol. The van der Waals surface area contributed by atoms with Gasteiger partial charge in [-0.15, -0.1) is 0 Å². The normalized spacial score (nSPS) is 11.6. The highest BCUT2D eigenvalue weighted by atomic mass is 35.5. The van der Waals surface area contributed by atoms with Gasteiger partial charge in [0.25, 0.3) is 5.91 Å². The van der Waals surface area contributed by atoms with E-state index >= 15 is 0 Å². The van der Waals surface area contributed by atoms with Crippen LogP contribution < -0.4 is 16.0 Å². The third kappa shape index (κ3) is 6.21. The van der Waals surface area contributed by atoms with Crippen molar-refractivity contribution in [1.82, 2.24) is 16.0 Å². The summed E-state index contributed by atoms with van der Waals surface area (Å²) in [7, 11) is 1.82. The van der Waals surface area contributed by atoms with Crippen LogP contribution in [-0.4, -0.2) is 38.0 Å². The van der Waals surface area contributed by atoms with Gasteiger partial charge >= 0.3 is 0 Å². The first-order valence-electron chi connectivity index (χ1n) is 8.13. The summed E-state index contributed by atoms with van der Waals surface area (Å²) in [5.41, 5.74) is 1.44. The maximum absolute atomic E-state index is 12.5. The van der Waals surface area contributed by atoms with Crippen molar-refractivity contribution in [2.45, 2.75) is 12.5 Å². The molecule has 2 amide bonds. The molecule has 0 fully saturated rings. The van der Waals surface area contributed by atoms with Gasteiger partial charge in [0.15, 0.2) is 0 Å². The van der Waals surface area contributed by atoms with Crippen molar-refractivity contribution in [3.63, 3.8) is 0 Å². The fourth-order valence-corrected chi connectivity index (χ4v) is 2.46. The molecule has 2 aromatic carbocycles. The molecule has 5 nitrogen and oxygen atoms in total. The smallest absolute Gasteiger partial charge is 0.251 e. The van der Waals surface area contributed by atoms with Crippen molar-refractivity contribution in [3.8, 4) is 0 Å². The highest BCUT2D eigenvalue weighted by molar-refractivity contribution is 6.30. The molecule has 25 heavy (non-hydrogen) atoms. The maximum atomic E-state index is 12.5. The molecule has 0 aliphatic rings. The van der Waals surface area contributed by atoms with E-state index in [-0.39, 0.29) is 11.8 Å². The lowest BCUT2D eigenvalue weighted by atomic mass is 10.0. The maximum Gasteiger partial charge on any atom is 0.251 e. The highest BCUT2D eigenvalue weighted by Crippen LogP contribution is 2.10. The average Bonchev–Trinajstić information content (AvgIpc) is 2.62. The third-order valence-electron chi connectivity index (χ3n) is 3.69. The Labute approximate surface area is 152 Å². The summed E-state index contributed by atoms with van der Waals surface area (Å²) in [6, 6.07) is 15.5. The number of carbonyl (C=O) groups excluding carboxylic acids is 2. The van der Waals surface area contributed by atoms with Crippen LogP contribution >= 0.6 is 11.6 Å². The van der Waals surface area contributed by atoms with Crippen LogP contribution in [0.25, 0.3) is 0 Å². The topological polar surface area (TPSA) is 70.2 Å². The van der Waals surface area contributed by atoms with Crippen molar-refractivity contribution in [3.05, 3.63) is 70.7 Å². The van der Waals surface area contributed by atoms with Gasteiger partial charge < -0.3 is 16.0 Å². The van der Waals surface area contributed by atoms with E-state index in [0.717, 1.165) is 5.56 Å². The Balaban J connectivity index is 2.08. The largest absolute Gasteiger partial charge is 0.353 e. The van der Waals surface area contributed by atoms with Crippen LogP contribution in [-0.2, 0) is 11.2 Å². The summed E-state index contributed by atoms with van der Waals surface area (Å²) in [6.45, 7) is 1.16. The van der Waals surface area contributed by atoms with Gasteiger partial charge in [0.05, 0.1) is 0 Å². The van der Waals surface area contributed by atoms with E-state index in [9.17, 15) is 9.59 Å². The molecule has 2 aromatic rings. The molecular formula is C19H22ClN3O2. The molecule has 0 saturated carbocycles. The van der Waals surface area contributed by atoms with Gasteiger partial charge in [0, 0.05) is 30.1 Å². The van der Waals surface area contributed by atoms with E-state index in [1.807, 2.05) is 37.4 Å². The van der Waals surface area contributed by atoms with Crippen LogP contribution in [0, 0.1) is 0 Å². The first-order valence-corrected chi connectivity index (χ1v) is 8.50. The Hall–Kier alpha value is -2.37. The number of likely N-dealkylation sites (N-methyl/N-ethyl adjacent to an activating group) is 1. The zero-order valence-electron chi connectivity index (χ0n) is 14.1. The second-order valence-corrected chi connectivity index (χ2v) is 6.05. The predicted molar refractivity (Wildman–Crippen MR) is 99.8 cm³/mol. The van der Waals surface area contributed by atoms with E-state index < -0.39 is 6.04 Å². The standard InChI is InChI=1S/C19H22ClN3O2/c1-21-11-12-22-19(25)17(13-14-5-3-2-4-6-14)23-18(24)15-7-9-16(20)10-8-15/h2-10,17,21H,11-13H2,1H3,(H,22,25)(H,23,24). The molecule has 0 aliphatic heterocycles. The monoisotopic (exact) mass is 359 g/mol. The fraction of sp³-hybridized carbons (Fsp3) is 0.263. The quantitative estimate of drug-likeness (QED) is 0.631. The fourth-order valence-electron chi connectivity index (χ4n) is 2.34. The number of rotatable bonds is 8. The molecule has 0 aliphatic carbocycles. The van der Waals surface area contributed by atoms with Gasteiger partial charge in [0.2, 0.25) is 5.91 Å². The second kappa shape index (κ2) is 9.81. The molecule has 1 atom stereocenters. The Kier molecular flexibility index (Phi) is 7.44. The summed E-state index contributed by atoms with van der Waals surface area (Å²) in [5.74, 6) is -0.511. The molecule has 1 unspecified atom stereocenters. The van der Waals surface area contributed by atoms with Crippen LogP contribution in [0.2, 0.25) is 5.02 Å². The molecule has 0 bridgehead atoms. The predicted octanol–water partition coefficient (Wildman–Crippen LogP) is 2.02. The van der Waals surface area contributed by atoms with Crippen molar-refractivity contribution in [2.24, 2.45) is 0 Å². The first kappa shape index (κ1) is 19.0. The molecule has 0 heterocycles. The van der Waals surface area contributed by atoms with Gasteiger partial charge in [-0.1, -0.05) is 41.9 Å². The van der Waals surface area contributed by atoms with Crippen molar-refractivity contribution in [2.75, 3.05) is 20.1 Å². The van der Waals surface area contributed by atoms with Crippen molar-refractivity contribution >= 4 is 23.4 Å². The van der Waals surface area contributed by atoms with Gasteiger partial charge in [-0.3, -0.25) is 9.59 Å². The molecule has 132 valence electrons. The Morgan fingerprint density at radius 1 is 1.00 bits per heavy atom. The Bertz CT molecular complexity index is 690. The number of hydrogen-bond acceptors (Lipinski definition) is 3. The summed E-state index contributed by atoms with van der Waals surface area (Å²) in [5, 5.41) is 9.17. The van der Waals surface area contributed by atoms with E-state index in [1.54, 1.807) is 24.3 Å². The summed E-state index contributed by atoms with van der Waals surface area (Å²) in [6.07, 6.45) is 0.422. The molecule has 3 N–H and O–H groups in total. The average molecular weight is 360 g/mol. The van der Waals surface area contributed by atoms with Crippen molar-refractivity contribution in [1.29, 1.82) is 0 Å². The van der Waals surface area contributed by atoms with Gasteiger partial charge in [-0.25, -0.2) is 0 Å². The minimum atomic E-state index is -0.651. The molecule has 6 heteroatoms. The number of carbonyl (C=O) groups is 2. The van der Waals surface area contributed by atoms with Crippen LogP contribution in [0.15, 0.2) is 54.6 Å². The van der Waals surface area contributed by atoms with Crippen molar-refractivity contribution < 1.29 is 9.59 Å². The first-order chi connectivity index (χ1) is 12.1. The van der Waals surface area contributed by atoms with E-state index in [0.29, 0.717) is 30.1 Å². The van der Waals surface area contributed by atoms with E-state index in [4.69, 9.17) is 11.6 Å². The lowest BCUT2D eigenvalue weighted by Gasteiger charge is -2.19. The zero-order chi connectivity index (χ0) is 18.1. The number of benzene rings is 2. The minimum Gasteiger partial charge on any atom is -0.353 e. The number of hydrogen-bond donors (Lipinski definition) is 3. The number of halogens is 1. The van der Waals surface area contributed by atoms with Crippen LogP contribution in [0.4, 0.5) is 0 Å². The number of nitrogens with one attached hydrogen (secondary N) is 3. The van der Waals surface area contributed by atoms with Gasteiger partial charge in [-0.05, 0) is 36.9 Å². The van der Waals surface area contributed by atoms with Crippen LogP contribution in [0.1, 0.15) is 15.9 Å². The Morgan fingerprint density at radius 2 is 1.68 bits per heavy atom. The lowest BCUT2D eigenvalue weighted by Crippen LogP contribution is -2.49. The molecule has 0 spiro atoms. The molecule has 2 rings (SSSR count). The number of amides is 2. The van der Waals surface area contributed by atoms with Gasteiger partial charge in [0.1, 0.15) is 6.04 Å². The minimum absolute atomic E-state index is 0.207. The summed E-state index contributed by atoms with van der Waals surface area (Å²) >= 11 is 5.85.